The topological polar surface area (TPSA) is 125 Å². The highest BCUT2D eigenvalue weighted by atomic mass is 32.2. The van der Waals surface area contributed by atoms with Crippen molar-refractivity contribution in [3.05, 3.63) is 84.2 Å². The third kappa shape index (κ3) is 5.89. The fourth-order valence-corrected chi connectivity index (χ4v) is 3.86. The first-order chi connectivity index (χ1) is 17.0. The number of sulfonamides is 1. The highest BCUT2D eigenvalue weighted by molar-refractivity contribution is 7.95. The van der Waals surface area contributed by atoms with Crippen molar-refractivity contribution in [2.75, 3.05) is 18.9 Å². The van der Waals surface area contributed by atoms with Crippen LogP contribution in [-0.2, 0) is 10.0 Å². The highest BCUT2D eigenvalue weighted by Gasteiger charge is 2.19. The number of hydrogen-bond donors (Lipinski definition) is 1. The summed E-state index contributed by atoms with van der Waals surface area (Å²) in [7, 11) is -1.01. The second kappa shape index (κ2) is 10.6. The molecule has 2 aromatic heterocycles. The van der Waals surface area contributed by atoms with Gasteiger partial charge in [-0.2, -0.15) is 4.98 Å². The van der Waals surface area contributed by atoms with Crippen LogP contribution in [0.15, 0.2) is 78.6 Å². The molecule has 0 radical (unpaired) electrons. The molecule has 2 heterocycles. The molecular formula is C24H21N5O5S. The van der Waals surface area contributed by atoms with Crippen molar-refractivity contribution < 1.29 is 22.6 Å². The maximum absolute atomic E-state index is 12.7. The Kier molecular flexibility index (Phi) is 7.17. The molecule has 0 bridgehead atoms. The number of para-hydroxylation sites is 1. The van der Waals surface area contributed by atoms with Crippen molar-refractivity contribution in [1.82, 2.24) is 19.9 Å². The Morgan fingerprint density at radius 3 is 2.31 bits per heavy atom. The van der Waals surface area contributed by atoms with E-state index in [1.54, 1.807) is 48.8 Å². The Bertz CT molecular complexity index is 1430. The van der Waals surface area contributed by atoms with Gasteiger partial charge in [-0.3, -0.25) is 4.72 Å². The third-order valence-corrected chi connectivity index (χ3v) is 5.58. The normalized spacial score (nSPS) is 11.3. The second-order valence-corrected chi connectivity index (χ2v) is 8.51. The summed E-state index contributed by atoms with van der Waals surface area (Å²) < 4.78 is 44.7. The molecule has 10 nitrogen and oxygen atoms in total. The molecule has 2 aromatic carbocycles. The van der Waals surface area contributed by atoms with Crippen molar-refractivity contribution in [3.63, 3.8) is 0 Å². The van der Waals surface area contributed by atoms with Crippen molar-refractivity contribution in [3.8, 4) is 34.8 Å². The van der Waals surface area contributed by atoms with Crippen molar-refractivity contribution >= 4 is 21.8 Å². The summed E-state index contributed by atoms with van der Waals surface area (Å²) in [4.78, 5) is 16.8. The van der Waals surface area contributed by atoms with E-state index in [4.69, 9.17) is 14.2 Å². The number of aromatic nitrogens is 4. The molecule has 0 spiro atoms. The Morgan fingerprint density at radius 2 is 1.60 bits per heavy atom. The van der Waals surface area contributed by atoms with E-state index in [1.807, 2.05) is 18.2 Å². The zero-order valence-electron chi connectivity index (χ0n) is 18.8. The standard InChI is InChI=1S/C24H21N5O5S/c1-32-19-11-6-10-18(29-35(30,31)15-12-17-8-4-3-5-9-17)21(19)34-20-16-27-23(28-24(20)33-2)22-25-13-7-14-26-22/h3-16,29H,1-2H3/b15-12+. The molecule has 0 fully saturated rings. The monoisotopic (exact) mass is 491 g/mol. The summed E-state index contributed by atoms with van der Waals surface area (Å²) in [6.45, 7) is 0. The van der Waals surface area contributed by atoms with E-state index in [0.29, 0.717) is 5.82 Å². The summed E-state index contributed by atoms with van der Waals surface area (Å²) in [5, 5.41) is 1.07. The summed E-state index contributed by atoms with van der Waals surface area (Å²) in [5.74, 6) is 1.19. The third-order valence-electron chi connectivity index (χ3n) is 4.58. The molecule has 0 atom stereocenters. The minimum Gasteiger partial charge on any atom is -0.493 e. The number of ether oxygens (including phenoxy) is 3. The lowest BCUT2D eigenvalue weighted by atomic mass is 10.2. The van der Waals surface area contributed by atoms with Gasteiger partial charge < -0.3 is 14.2 Å². The molecule has 178 valence electrons. The van der Waals surface area contributed by atoms with Gasteiger partial charge in [0.2, 0.25) is 11.6 Å². The molecule has 1 N–H and O–H groups in total. The van der Waals surface area contributed by atoms with Crippen molar-refractivity contribution in [1.29, 1.82) is 0 Å². The average molecular weight is 492 g/mol. The second-order valence-electron chi connectivity index (χ2n) is 6.94. The quantitative estimate of drug-likeness (QED) is 0.367. The van der Waals surface area contributed by atoms with Crippen LogP contribution in [0.4, 0.5) is 5.69 Å². The predicted molar refractivity (Wildman–Crippen MR) is 131 cm³/mol. The van der Waals surface area contributed by atoms with Crippen LogP contribution in [0.25, 0.3) is 17.7 Å². The highest BCUT2D eigenvalue weighted by Crippen LogP contribution is 2.41. The molecule has 0 aliphatic heterocycles. The molecular weight excluding hydrogens is 470 g/mol. The Balaban J connectivity index is 1.65. The van der Waals surface area contributed by atoms with Gasteiger partial charge in [-0.05, 0) is 29.8 Å². The Morgan fingerprint density at radius 1 is 0.829 bits per heavy atom. The lowest BCUT2D eigenvalue weighted by molar-refractivity contribution is 0.347. The van der Waals surface area contributed by atoms with Gasteiger partial charge in [0.1, 0.15) is 0 Å². The summed E-state index contributed by atoms with van der Waals surface area (Å²) in [6, 6.07) is 15.6. The van der Waals surface area contributed by atoms with Gasteiger partial charge in [-0.15, -0.1) is 0 Å². The van der Waals surface area contributed by atoms with Gasteiger partial charge in [0.15, 0.2) is 17.3 Å². The smallest absolute Gasteiger partial charge is 0.261 e. The van der Waals surface area contributed by atoms with E-state index in [0.717, 1.165) is 11.0 Å². The molecule has 0 aliphatic carbocycles. The zero-order valence-corrected chi connectivity index (χ0v) is 19.6. The van der Waals surface area contributed by atoms with E-state index < -0.39 is 10.0 Å². The SMILES string of the molecule is COc1cccc(NS(=O)(=O)/C=C/c2ccccc2)c1Oc1cnc(-c2ncccn2)nc1OC. The first-order valence-electron chi connectivity index (χ1n) is 10.3. The van der Waals surface area contributed by atoms with Gasteiger partial charge in [0, 0.05) is 12.4 Å². The number of hydrogen-bond acceptors (Lipinski definition) is 9. The van der Waals surface area contributed by atoms with E-state index in [9.17, 15) is 8.42 Å². The van der Waals surface area contributed by atoms with E-state index >= 15 is 0 Å². The molecule has 35 heavy (non-hydrogen) atoms. The minimum absolute atomic E-state index is 0.103. The largest absolute Gasteiger partial charge is 0.493 e. The van der Waals surface area contributed by atoms with Crippen LogP contribution in [-0.4, -0.2) is 42.6 Å². The molecule has 4 aromatic rings. The summed E-state index contributed by atoms with van der Waals surface area (Å²) in [5.41, 5.74) is 0.893. The number of methoxy groups -OCH3 is 2. The van der Waals surface area contributed by atoms with Crippen LogP contribution in [0.1, 0.15) is 5.56 Å². The van der Waals surface area contributed by atoms with Crippen molar-refractivity contribution in [2.24, 2.45) is 0 Å². The number of nitrogens with zero attached hydrogens (tertiary/aromatic N) is 4. The number of nitrogens with one attached hydrogen (secondary N) is 1. The van der Waals surface area contributed by atoms with Gasteiger partial charge in [-0.1, -0.05) is 36.4 Å². The Labute approximate surface area is 202 Å². The predicted octanol–water partition coefficient (Wildman–Crippen LogP) is 4.16. The number of benzene rings is 2. The zero-order chi connectivity index (χ0) is 24.7. The molecule has 11 heteroatoms. The van der Waals surface area contributed by atoms with Gasteiger partial charge in [-0.25, -0.2) is 23.4 Å². The fraction of sp³-hybridized carbons (Fsp3) is 0.0833. The van der Waals surface area contributed by atoms with E-state index in [1.165, 1.54) is 26.5 Å². The van der Waals surface area contributed by atoms with Gasteiger partial charge >= 0.3 is 0 Å². The van der Waals surface area contributed by atoms with E-state index in [-0.39, 0.29) is 34.6 Å². The van der Waals surface area contributed by atoms with Gasteiger partial charge in [0.05, 0.1) is 31.5 Å². The minimum atomic E-state index is -3.88. The molecule has 0 saturated carbocycles. The molecule has 4 rings (SSSR count). The summed E-state index contributed by atoms with van der Waals surface area (Å²) >= 11 is 0. The van der Waals surface area contributed by atoms with Crippen LogP contribution < -0.4 is 18.9 Å². The summed E-state index contributed by atoms with van der Waals surface area (Å²) in [6.07, 6.45) is 6.02. The maximum Gasteiger partial charge on any atom is 0.261 e. The number of anilines is 1. The average Bonchev–Trinajstić information content (AvgIpc) is 2.89. The number of rotatable bonds is 9. The first-order valence-corrected chi connectivity index (χ1v) is 11.8. The molecule has 0 aliphatic rings. The van der Waals surface area contributed by atoms with Crippen LogP contribution in [0, 0.1) is 0 Å². The van der Waals surface area contributed by atoms with Crippen LogP contribution in [0.3, 0.4) is 0 Å². The van der Waals surface area contributed by atoms with Crippen molar-refractivity contribution in [2.45, 2.75) is 0 Å². The molecule has 0 saturated heterocycles. The van der Waals surface area contributed by atoms with E-state index in [2.05, 4.69) is 24.7 Å². The molecule has 0 unspecified atom stereocenters. The maximum atomic E-state index is 12.7. The fourth-order valence-electron chi connectivity index (χ4n) is 2.99. The first kappa shape index (κ1) is 23.6. The van der Waals surface area contributed by atoms with Crippen LogP contribution >= 0.6 is 0 Å². The van der Waals surface area contributed by atoms with Gasteiger partial charge in [0.25, 0.3) is 15.9 Å². The molecule has 0 amide bonds. The van der Waals surface area contributed by atoms with Crippen LogP contribution in [0.2, 0.25) is 0 Å². The lowest BCUT2D eigenvalue weighted by Gasteiger charge is -2.16. The van der Waals surface area contributed by atoms with Crippen LogP contribution in [0.5, 0.6) is 23.1 Å². The Hall–Kier alpha value is -4.51. The lowest BCUT2D eigenvalue weighted by Crippen LogP contribution is -2.10.